The van der Waals surface area contributed by atoms with E-state index in [1.165, 1.54) is 6.07 Å². The molecule has 0 radical (unpaired) electrons. The molecule has 4 aromatic heterocycles. The summed E-state index contributed by atoms with van der Waals surface area (Å²) in [5, 5.41) is 2.88. The van der Waals surface area contributed by atoms with Crippen LogP contribution >= 0.6 is 0 Å². The van der Waals surface area contributed by atoms with Gasteiger partial charge in [-0.05, 0) is 27.8 Å². The molecule has 2 unspecified atom stereocenters. The minimum atomic E-state index is -0.306. The van der Waals surface area contributed by atoms with Crippen LogP contribution in [0.4, 0.5) is 15.9 Å². The Balaban J connectivity index is 0.000000180. The normalized spacial score (nSPS) is 18.6. The van der Waals surface area contributed by atoms with E-state index in [1.807, 2.05) is 6.92 Å². The smallest absolute Gasteiger partial charge is 0.173 e. The highest BCUT2D eigenvalue weighted by Crippen LogP contribution is 2.26. The van der Waals surface area contributed by atoms with E-state index in [0.717, 1.165) is 36.6 Å². The molecule has 2 atom stereocenters. The summed E-state index contributed by atoms with van der Waals surface area (Å²) in [4.78, 5) is 32.9. The van der Waals surface area contributed by atoms with Gasteiger partial charge in [0.25, 0.3) is 0 Å². The summed E-state index contributed by atoms with van der Waals surface area (Å²) < 4.78 is 15.0. The minimum Gasteiger partial charge on any atom is -0.387 e. The largest absolute Gasteiger partial charge is 0.387 e. The van der Waals surface area contributed by atoms with Crippen molar-refractivity contribution in [1.29, 1.82) is 0 Å². The van der Waals surface area contributed by atoms with Gasteiger partial charge in [-0.25, -0.2) is 19.3 Å². The van der Waals surface area contributed by atoms with Gasteiger partial charge in [0.15, 0.2) is 23.6 Å². The van der Waals surface area contributed by atoms with E-state index in [2.05, 4.69) is 55.9 Å². The summed E-state index contributed by atoms with van der Waals surface area (Å²) in [6.07, 6.45) is 9.22. The Hall–Kier alpha value is -3.66. The van der Waals surface area contributed by atoms with Crippen LogP contribution in [0, 0.1) is 12.7 Å². The molecule has 178 valence electrons. The first kappa shape index (κ1) is 23.5. The summed E-state index contributed by atoms with van der Waals surface area (Å²) >= 11 is 0. The number of aryl methyl sites for hydroxylation is 1. The summed E-state index contributed by atoms with van der Waals surface area (Å²) in [6.45, 7) is 8.03. The van der Waals surface area contributed by atoms with Crippen LogP contribution in [0.3, 0.4) is 0 Å². The van der Waals surface area contributed by atoms with E-state index < -0.39 is 0 Å². The van der Waals surface area contributed by atoms with Crippen molar-refractivity contribution in [3.8, 4) is 0 Å². The molecule has 0 spiro atoms. The fourth-order valence-corrected chi connectivity index (χ4v) is 4.18. The summed E-state index contributed by atoms with van der Waals surface area (Å²) in [5.41, 5.74) is 3.73. The number of pyridine rings is 2. The minimum absolute atomic E-state index is 0.306. The summed E-state index contributed by atoms with van der Waals surface area (Å²) in [7, 11) is 3.90. The lowest BCUT2D eigenvalue weighted by molar-refractivity contribution is 0.112. The number of carbonyl (C=O) groups excluding carboxylic acids is 1. The number of nitrogens with zero attached hydrogens (tertiary/aromatic N) is 7. The number of rotatable bonds is 3. The number of piperazine rings is 1. The van der Waals surface area contributed by atoms with E-state index in [0.29, 0.717) is 34.3 Å². The summed E-state index contributed by atoms with van der Waals surface area (Å²) in [5.74, 6) is 0.510. The molecule has 0 bridgehead atoms. The molecule has 0 aromatic carbocycles. The van der Waals surface area contributed by atoms with Crippen LogP contribution in [0.2, 0.25) is 0 Å². The van der Waals surface area contributed by atoms with Crippen LogP contribution in [0.25, 0.3) is 16.7 Å². The van der Waals surface area contributed by atoms with E-state index in [9.17, 15) is 9.18 Å². The first-order valence-electron chi connectivity index (χ1n) is 11.2. The molecular weight excluding hydrogens is 435 g/mol. The highest BCUT2D eigenvalue weighted by atomic mass is 19.1. The van der Waals surface area contributed by atoms with Gasteiger partial charge in [0.1, 0.15) is 11.0 Å². The first-order chi connectivity index (χ1) is 16.3. The number of fused-ring (bicyclic) bond motifs is 2. The Morgan fingerprint density at radius 1 is 1.09 bits per heavy atom. The molecule has 5 rings (SSSR count). The first-order valence-corrected chi connectivity index (χ1v) is 11.2. The number of imidazole rings is 1. The van der Waals surface area contributed by atoms with E-state index in [1.54, 1.807) is 42.4 Å². The number of nitrogens with one attached hydrogen (secondary N) is 1. The van der Waals surface area contributed by atoms with Crippen molar-refractivity contribution < 1.29 is 9.18 Å². The average Bonchev–Trinajstić information content (AvgIpc) is 3.22. The Labute approximate surface area is 197 Å². The predicted molar refractivity (Wildman–Crippen MR) is 131 cm³/mol. The third-order valence-corrected chi connectivity index (χ3v) is 6.21. The van der Waals surface area contributed by atoms with Crippen LogP contribution in [0.1, 0.15) is 29.9 Å². The fourth-order valence-electron chi connectivity index (χ4n) is 4.18. The number of anilines is 2. The van der Waals surface area contributed by atoms with Crippen molar-refractivity contribution in [1.82, 2.24) is 29.2 Å². The van der Waals surface area contributed by atoms with E-state index in [4.69, 9.17) is 0 Å². The van der Waals surface area contributed by atoms with Crippen LogP contribution < -0.4 is 10.2 Å². The van der Waals surface area contributed by atoms with E-state index in [-0.39, 0.29) is 5.82 Å². The van der Waals surface area contributed by atoms with Crippen LogP contribution in [-0.4, -0.2) is 74.8 Å². The second-order valence-corrected chi connectivity index (χ2v) is 8.62. The summed E-state index contributed by atoms with van der Waals surface area (Å²) in [6, 6.07) is 2.31. The quantitative estimate of drug-likeness (QED) is 0.462. The van der Waals surface area contributed by atoms with Gasteiger partial charge in [0.2, 0.25) is 0 Å². The van der Waals surface area contributed by atoms with Gasteiger partial charge in [-0.15, -0.1) is 0 Å². The number of aldehydes is 1. The van der Waals surface area contributed by atoms with Crippen LogP contribution in [0.15, 0.2) is 37.1 Å². The van der Waals surface area contributed by atoms with Crippen molar-refractivity contribution in [2.24, 2.45) is 0 Å². The topological polar surface area (TPSA) is 91.5 Å². The monoisotopic (exact) mass is 464 g/mol. The maximum atomic E-state index is 13.3. The van der Waals surface area contributed by atoms with Gasteiger partial charge >= 0.3 is 0 Å². The predicted octanol–water partition coefficient (Wildman–Crippen LogP) is 3.19. The van der Waals surface area contributed by atoms with Gasteiger partial charge in [0.05, 0.1) is 16.9 Å². The molecule has 0 saturated carbocycles. The molecule has 1 fully saturated rings. The van der Waals surface area contributed by atoms with E-state index >= 15 is 0 Å². The van der Waals surface area contributed by atoms with Crippen LogP contribution in [-0.2, 0) is 0 Å². The lowest BCUT2D eigenvalue weighted by Gasteiger charge is -2.43. The zero-order valence-electron chi connectivity index (χ0n) is 20.0. The van der Waals surface area contributed by atoms with Gasteiger partial charge in [-0.3, -0.25) is 14.7 Å². The number of halogens is 1. The Morgan fingerprint density at radius 3 is 2.41 bits per heavy atom. The zero-order chi connectivity index (χ0) is 24.4. The van der Waals surface area contributed by atoms with Crippen molar-refractivity contribution in [3.05, 3.63) is 54.1 Å². The van der Waals surface area contributed by atoms with Crippen molar-refractivity contribution in [2.75, 3.05) is 37.4 Å². The Kier molecular flexibility index (Phi) is 6.69. The molecule has 1 N–H and O–H groups in total. The van der Waals surface area contributed by atoms with Crippen molar-refractivity contribution >= 4 is 34.5 Å². The van der Waals surface area contributed by atoms with Gasteiger partial charge in [-0.1, -0.05) is 0 Å². The molecule has 0 amide bonds. The average molecular weight is 465 g/mol. The maximum absolute atomic E-state index is 13.3. The molecule has 1 saturated heterocycles. The van der Waals surface area contributed by atoms with Gasteiger partial charge < -0.3 is 14.6 Å². The van der Waals surface area contributed by atoms with Gasteiger partial charge in [0, 0.05) is 69.3 Å². The second-order valence-electron chi connectivity index (χ2n) is 8.62. The third kappa shape index (κ3) is 4.54. The molecule has 1 aliphatic heterocycles. The molecule has 5 heterocycles. The molecule has 9 nitrogen and oxygen atoms in total. The number of likely N-dealkylation sites (N-methyl/N-ethyl adjacent to an activating group) is 1. The lowest BCUT2D eigenvalue weighted by Crippen LogP contribution is -2.55. The standard InChI is InChI=1S/C15H19N5O.C9H10FN3/c1-10-7-20(8-11(2)19(10)3)15-14-13(16-4-5-17-14)12(9-21)6-18-15;1-6-4-13-5-7(11-2)3-8(10)9(13)12-6/h4-6,9-11H,7-8H2,1-3H3;3-5,11H,1-2H3. The third-order valence-electron chi connectivity index (χ3n) is 6.21. The highest BCUT2D eigenvalue weighted by Gasteiger charge is 2.28. The SMILES string of the molecule is CC1CN(c2ncc(C=O)c3nccnc23)CC(C)N1C.CNc1cc(F)c2nc(C)cn2c1. The van der Waals surface area contributed by atoms with Gasteiger partial charge in [-0.2, -0.15) is 0 Å². The molecule has 4 aromatic rings. The molecule has 34 heavy (non-hydrogen) atoms. The molecule has 0 aliphatic carbocycles. The number of hydrogen-bond donors (Lipinski definition) is 1. The number of hydrogen-bond acceptors (Lipinski definition) is 8. The maximum Gasteiger partial charge on any atom is 0.173 e. The number of aromatic nitrogens is 5. The van der Waals surface area contributed by atoms with Crippen molar-refractivity contribution in [2.45, 2.75) is 32.9 Å². The Morgan fingerprint density at radius 2 is 1.76 bits per heavy atom. The molecule has 10 heteroatoms. The fraction of sp³-hybridized carbons (Fsp3) is 0.375. The lowest BCUT2D eigenvalue weighted by atomic mass is 10.1. The Bertz CT molecular complexity index is 1310. The highest BCUT2D eigenvalue weighted by molar-refractivity contribution is 5.97. The van der Waals surface area contributed by atoms with Crippen LogP contribution in [0.5, 0.6) is 0 Å². The van der Waals surface area contributed by atoms with Crippen molar-refractivity contribution in [3.63, 3.8) is 0 Å². The molecular formula is C24H29FN8O. The molecule has 1 aliphatic rings. The zero-order valence-corrected chi connectivity index (χ0v) is 20.0. The number of carbonyl (C=O) groups is 1. The second kappa shape index (κ2) is 9.68.